The summed E-state index contributed by atoms with van der Waals surface area (Å²) in [6, 6.07) is 17.2. The summed E-state index contributed by atoms with van der Waals surface area (Å²) in [6.45, 7) is 5.90. The first-order valence-electron chi connectivity index (χ1n) is 9.03. The van der Waals surface area contributed by atoms with Crippen LogP contribution in [0.1, 0.15) is 21.6 Å². The maximum atomic E-state index is 13.3. The van der Waals surface area contributed by atoms with Gasteiger partial charge in [0.15, 0.2) is 0 Å². The van der Waals surface area contributed by atoms with Gasteiger partial charge in [0.1, 0.15) is 5.70 Å². The number of anilines is 2. The number of hydrogen-bond acceptors (Lipinski definition) is 4. The highest BCUT2D eigenvalue weighted by Gasteiger charge is 2.41. The molecule has 28 heavy (non-hydrogen) atoms. The molecule has 1 aromatic heterocycles. The number of rotatable bonds is 4. The van der Waals surface area contributed by atoms with Crippen LogP contribution in [0.2, 0.25) is 0 Å². The summed E-state index contributed by atoms with van der Waals surface area (Å²) in [7, 11) is 0. The molecule has 4 nitrogen and oxygen atoms in total. The number of amides is 2. The molecule has 0 saturated heterocycles. The van der Waals surface area contributed by atoms with Crippen molar-refractivity contribution in [3.8, 4) is 0 Å². The summed E-state index contributed by atoms with van der Waals surface area (Å²) >= 11 is 1.45. The first-order valence-corrected chi connectivity index (χ1v) is 9.91. The molecule has 2 heterocycles. The molecule has 4 rings (SSSR count). The molecule has 3 aromatic rings. The van der Waals surface area contributed by atoms with Gasteiger partial charge in [-0.2, -0.15) is 0 Å². The number of nitrogens with one attached hydrogen (secondary N) is 1. The van der Waals surface area contributed by atoms with Crippen molar-refractivity contribution >= 4 is 40.1 Å². The van der Waals surface area contributed by atoms with Gasteiger partial charge in [0.2, 0.25) is 0 Å². The van der Waals surface area contributed by atoms with Crippen LogP contribution in [0.4, 0.5) is 11.4 Å². The molecule has 1 aliphatic rings. The predicted octanol–water partition coefficient (Wildman–Crippen LogP) is 5.07. The van der Waals surface area contributed by atoms with E-state index in [1.165, 1.54) is 16.2 Å². The maximum absolute atomic E-state index is 13.3. The first kappa shape index (κ1) is 18.2. The lowest BCUT2D eigenvalue weighted by Crippen LogP contribution is -2.33. The van der Waals surface area contributed by atoms with Crippen molar-refractivity contribution in [2.24, 2.45) is 0 Å². The molecule has 0 aliphatic carbocycles. The number of benzene rings is 2. The highest BCUT2D eigenvalue weighted by atomic mass is 32.1. The third-order valence-corrected chi connectivity index (χ3v) is 5.62. The zero-order chi connectivity index (χ0) is 19.8. The lowest BCUT2D eigenvalue weighted by Gasteiger charge is -2.18. The van der Waals surface area contributed by atoms with Crippen LogP contribution in [0.3, 0.4) is 0 Å². The minimum absolute atomic E-state index is 0.297. The average Bonchev–Trinajstić information content (AvgIpc) is 3.24. The van der Waals surface area contributed by atoms with Crippen LogP contribution in [0, 0.1) is 20.8 Å². The molecule has 1 N–H and O–H groups in total. The number of aryl methyl sites for hydroxylation is 3. The van der Waals surface area contributed by atoms with Gasteiger partial charge in [0, 0.05) is 10.6 Å². The molecule has 0 spiro atoms. The first-order chi connectivity index (χ1) is 13.5. The lowest BCUT2D eigenvalue weighted by molar-refractivity contribution is -0.120. The van der Waals surface area contributed by atoms with Gasteiger partial charge in [-0.15, -0.1) is 11.3 Å². The van der Waals surface area contributed by atoms with Crippen LogP contribution in [0.15, 0.2) is 65.7 Å². The molecule has 140 valence electrons. The standard InChI is InChI=1S/C23H20N2O2S/c1-14-6-4-7-17(13-14)24-21-20(19-8-5-11-28-19)22(26)25(23(21)27)18-10-9-15(2)12-16(18)3/h4-13,24H,1-3H3. The molecule has 0 unspecified atom stereocenters. The molecule has 1 aliphatic heterocycles. The van der Waals surface area contributed by atoms with Gasteiger partial charge in [-0.05, 0) is 61.5 Å². The second-order valence-corrected chi connectivity index (χ2v) is 7.91. The SMILES string of the molecule is Cc1cccc(NC2=C(c3cccs3)C(=O)N(c3ccc(C)cc3C)C2=O)c1. The molecule has 2 amide bonds. The largest absolute Gasteiger partial charge is 0.350 e. The Morgan fingerprint density at radius 1 is 0.857 bits per heavy atom. The fraction of sp³-hybridized carbons (Fsp3) is 0.130. The molecule has 2 aromatic carbocycles. The van der Waals surface area contributed by atoms with Gasteiger partial charge in [-0.25, -0.2) is 4.90 Å². The molecule has 0 fully saturated rings. The zero-order valence-electron chi connectivity index (χ0n) is 15.9. The zero-order valence-corrected chi connectivity index (χ0v) is 16.8. The van der Waals surface area contributed by atoms with Gasteiger partial charge < -0.3 is 5.32 Å². The molecular formula is C23H20N2O2S. The monoisotopic (exact) mass is 388 g/mol. The molecule has 0 atom stereocenters. The van der Waals surface area contributed by atoms with E-state index in [1.54, 1.807) is 0 Å². The minimum Gasteiger partial charge on any atom is -0.350 e. The molecule has 5 heteroatoms. The Hall–Kier alpha value is -3.18. The van der Waals surface area contributed by atoms with Gasteiger partial charge in [0.25, 0.3) is 11.8 Å². The predicted molar refractivity (Wildman–Crippen MR) is 114 cm³/mol. The van der Waals surface area contributed by atoms with Crippen molar-refractivity contribution in [1.29, 1.82) is 0 Å². The summed E-state index contributed by atoms with van der Waals surface area (Å²) in [5, 5.41) is 5.11. The van der Waals surface area contributed by atoms with Crippen molar-refractivity contribution in [2.75, 3.05) is 10.2 Å². The second kappa shape index (κ2) is 7.09. The quantitative estimate of drug-likeness (QED) is 0.635. The number of nitrogens with zero attached hydrogens (tertiary/aromatic N) is 1. The van der Waals surface area contributed by atoms with E-state index in [0.29, 0.717) is 17.0 Å². The van der Waals surface area contributed by atoms with Crippen molar-refractivity contribution in [3.05, 3.63) is 87.2 Å². The maximum Gasteiger partial charge on any atom is 0.282 e. The number of imide groups is 1. The second-order valence-electron chi connectivity index (χ2n) is 6.96. The smallest absolute Gasteiger partial charge is 0.282 e. The molecular weight excluding hydrogens is 368 g/mol. The Labute approximate surface area is 168 Å². The average molecular weight is 388 g/mol. The lowest BCUT2D eigenvalue weighted by atomic mass is 10.1. The van der Waals surface area contributed by atoms with Crippen LogP contribution in [0.25, 0.3) is 5.57 Å². The van der Waals surface area contributed by atoms with Gasteiger partial charge >= 0.3 is 0 Å². The number of thiophene rings is 1. The van der Waals surface area contributed by atoms with Crippen LogP contribution in [0.5, 0.6) is 0 Å². The Balaban J connectivity index is 1.82. The van der Waals surface area contributed by atoms with Gasteiger partial charge in [-0.1, -0.05) is 35.9 Å². The Morgan fingerprint density at radius 3 is 2.32 bits per heavy atom. The fourth-order valence-electron chi connectivity index (χ4n) is 3.44. The number of hydrogen-bond donors (Lipinski definition) is 1. The van der Waals surface area contributed by atoms with Crippen LogP contribution >= 0.6 is 11.3 Å². The normalized spacial score (nSPS) is 14.2. The Kier molecular flexibility index (Phi) is 4.61. The number of carbonyl (C=O) groups is 2. The summed E-state index contributed by atoms with van der Waals surface area (Å²) in [6.07, 6.45) is 0. The summed E-state index contributed by atoms with van der Waals surface area (Å²) in [4.78, 5) is 28.7. The highest BCUT2D eigenvalue weighted by molar-refractivity contribution is 7.11. The topological polar surface area (TPSA) is 49.4 Å². The van der Waals surface area contributed by atoms with Crippen molar-refractivity contribution in [3.63, 3.8) is 0 Å². The minimum atomic E-state index is -0.332. The van der Waals surface area contributed by atoms with E-state index in [2.05, 4.69) is 5.32 Å². The van der Waals surface area contributed by atoms with E-state index in [0.717, 1.165) is 27.3 Å². The fourth-order valence-corrected chi connectivity index (χ4v) is 4.21. The van der Waals surface area contributed by atoms with E-state index >= 15 is 0 Å². The van der Waals surface area contributed by atoms with Gasteiger partial charge in [-0.3, -0.25) is 9.59 Å². The van der Waals surface area contributed by atoms with Crippen molar-refractivity contribution in [2.45, 2.75) is 20.8 Å². The van der Waals surface area contributed by atoms with E-state index in [-0.39, 0.29) is 11.8 Å². The number of carbonyl (C=O) groups excluding carboxylic acids is 2. The summed E-state index contributed by atoms with van der Waals surface area (Å²) < 4.78 is 0. The van der Waals surface area contributed by atoms with Crippen LogP contribution in [-0.2, 0) is 9.59 Å². The third kappa shape index (κ3) is 3.14. The Bertz CT molecular complexity index is 1110. The van der Waals surface area contributed by atoms with Crippen LogP contribution in [-0.4, -0.2) is 11.8 Å². The van der Waals surface area contributed by atoms with E-state index < -0.39 is 0 Å². The Morgan fingerprint density at radius 2 is 1.64 bits per heavy atom. The summed E-state index contributed by atoms with van der Waals surface area (Å²) in [5.41, 5.74) is 5.20. The van der Waals surface area contributed by atoms with E-state index in [4.69, 9.17) is 0 Å². The molecule has 0 radical (unpaired) electrons. The molecule has 0 bridgehead atoms. The third-order valence-electron chi connectivity index (χ3n) is 4.73. The summed E-state index contributed by atoms with van der Waals surface area (Å²) in [5.74, 6) is -0.628. The van der Waals surface area contributed by atoms with Crippen molar-refractivity contribution < 1.29 is 9.59 Å². The van der Waals surface area contributed by atoms with E-state index in [1.807, 2.05) is 80.7 Å². The van der Waals surface area contributed by atoms with Crippen LogP contribution < -0.4 is 10.2 Å². The van der Waals surface area contributed by atoms with E-state index in [9.17, 15) is 9.59 Å². The van der Waals surface area contributed by atoms with Crippen molar-refractivity contribution in [1.82, 2.24) is 0 Å². The highest BCUT2D eigenvalue weighted by Crippen LogP contribution is 2.36. The molecule has 0 saturated carbocycles. The van der Waals surface area contributed by atoms with Gasteiger partial charge in [0.05, 0.1) is 11.3 Å².